The lowest BCUT2D eigenvalue weighted by Crippen LogP contribution is -2.15. The lowest BCUT2D eigenvalue weighted by molar-refractivity contribution is 0.196. The molecule has 1 N–H and O–H groups in total. The maximum Gasteiger partial charge on any atom is 0.129 e. The molecule has 0 saturated carbocycles. The van der Waals surface area contributed by atoms with Gasteiger partial charge < -0.3 is 5.11 Å². The van der Waals surface area contributed by atoms with E-state index in [4.69, 9.17) is 11.6 Å². The van der Waals surface area contributed by atoms with Crippen LogP contribution in [-0.2, 0) is 5.75 Å². The summed E-state index contributed by atoms with van der Waals surface area (Å²) in [6, 6.07) is 5.58. The Bertz CT molecular complexity index is 293. The third-order valence-electron chi connectivity index (χ3n) is 1.95. The van der Waals surface area contributed by atoms with E-state index < -0.39 is 0 Å². The van der Waals surface area contributed by atoms with Crippen molar-refractivity contribution in [1.29, 1.82) is 0 Å². The summed E-state index contributed by atoms with van der Waals surface area (Å²) in [5.41, 5.74) is 0.954. The standard InChI is InChI=1S/C10H14ClNOS/c1-7(13)8(2)14-6-9-4-3-5-10(11)12-9/h3-5,7-8,13H,6H2,1-2H3. The van der Waals surface area contributed by atoms with Crippen molar-refractivity contribution in [2.24, 2.45) is 0 Å². The normalized spacial score (nSPS) is 15.1. The molecule has 0 amide bonds. The molecule has 0 aliphatic heterocycles. The first-order valence-electron chi connectivity index (χ1n) is 4.50. The molecule has 1 aromatic rings. The van der Waals surface area contributed by atoms with Gasteiger partial charge in [0, 0.05) is 11.0 Å². The van der Waals surface area contributed by atoms with E-state index >= 15 is 0 Å². The van der Waals surface area contributed by atoms with Crippen LogP contribution in [0.2, 0.25) is 5.15 Å². The highest BCUT2D eigenvalue weighted by Crippen LogP contribution is 2.19. The van der Waals surface area contributed by atoms with Crippen LogP contribution in [-0.4, -0.2) is 21.4 Å². The quantitative estimate of drug-likeness (QED) is 0.809. The van der Waals surface area contributed by atoms with Crippen LogP contribution in [0.1, 0.15) is 19.5 Å². The second-order valence-electron chi connectivity index (χ2n) is 3.21. The van der Waals surface area contributed by atoms with E-state index in [1.807, 2.05) is 19.1 Å². The monoisotopic (exact) mass is 231 g/mol. The number of aromatic nitrogens is 1. The van der Waals surface area contributed by atoms with Crippen LogP contribution >= 0.6 is 23.4 Å². The molecule has 2 unspecified atom stereocenters. The summed E-state index contributed by atoms with van der Waals surface area (Å²) in [7, 11) is 0. The van der Waals surface area contributed by atoms with Gasteiger partial charge in [-0.3, -0.25) is 0 Å². The topological polar surface area (TPSA) is 33.1 Å². The van der Waals surface area contributed by atoms with E-state index in [2.05, 4.69) is 4.98 Å². The Morgan fingerprint density at radius 3 is 2.79 bits per heavy atom. The van der Waals surface area contributed by atoms with E-state index in [0.29, 0.717) is 5.15 Å². The maximum absolute atomic E-state index is 9.29. The summed E-state index contributed by atoms with van der Waals surface area (Å²) in [6.07, 6.45) is -0.292. The first-order valence-corrected chi connectivity index (χ1v) is 5.93. The van der Waals surface area contributed by atoms with Crippen molar-refractivity contribution in [2.75, 3.05) is 0 Å². The van der Waals surface area contributed by atoms with Gasteiger partial charge in [-0.15, -0.1) is 11.8 Å². The molecule has 1 heterocycles. The SMILES string of the molecule is CC(O)C(C)SCc1cccc(Cl)n1. The minimum Gasteiger partial charge on any atom is -0.392 e. The van der Waals surface area contributed by atoms with Gasteiger partial charge in [0.05, 0.1) is 11.8 Å². The summed E-state index contributed by atoms with van der Waals surface area (Å²) in [5, 5.41) is 10.0. The smallest absolute Gasteiger partial charge is 0.129 e. The van der Waals surface area contributed by atoms with Crippen LogP contribution in [0.15, 0.2) is 18.2 Å². The van der Waals surface area contributed by atoms with Crippen molar-refractivity contribution in [3.8, 4) is 0 Å². The van der Waals surface area contributed by atoms with Gasteiger partial charge in [0.1, 0.15) is 5.15 Å². The summed E-state index contributed by atoms with van der Waals surface area (Å²) in [5.74, 6) is 0.784. The van der Waals surface area contributed by atoms with E-state index in [9.17, 15) is 5.11 Å². The molecule has 0 aromatic carbocycles. The zero-order valence-corrected chi connectivity index (χ0v) is 9.85. The predicted molar refractivity (Wildman–Crippen MR) is 61.7 cm³/mol. The predicted octanol–water partition coefficient (Wildman–Crippen LogP) is 2.74. The lowest BCUT2D eigenvalue weighted by Gasteiger charge is -2.13. The van der Waals surface area contributed by atoms with E-state index in [1.54, 1.807) is 24.8 Å². The average molecular weight is 232 g/mol. The van der Waals surface area contributed by atoms with Crippen LogP contribution in [0.3, 0.4) is 0 Å². The molecule has 0 bridgehead atoms. The van der Waals surface area contributed by atoms with Gasteiger partial charge in [-0.25, -0.2) is 4.98 Å². The highest BCUT2D eigenvalue weighted by atomic mass is 35.5. The summed E-state index contributed by atoms with van der Waals surface area (Å²) >= 11 is 7.43. The van der Waals surface area contributed by atoms with Crippen molar-refractivity contribution in [1.82, 2.24) is 4.98 Å². The number of aliphatic hydroxyl groups excluding tert-OH is 1. The fourth-order valence-electron chi connectivity index (χ4n) is 0.887. The summed E-state index contributed by atoms with van der Waals surface area (Å²) in [6.45, 7) is 3.79. The van der Waals surface area contributed by atoms with Gasteiger partial charge in [0.2, 0.25) is 0 Å². The van der Waals surface area contributed by atoms with Gasteiger partial charge in [0.15, 0.2) is 0 Å². The third-order valence-corrected chi connectivity index (χ3v) is 3.54. The Kier molecular flexibility index (Phi) is 4.72. The van der Waals surface area contributed by atoms with Crippen LogP contribution < -0.4 is 0 Å². The largest absolute Gasteiger partial charge is 0.392 e. The van der Waals surface area contributed by atoms with E-state index in [0.717, 1.165) is 11.4 Å². The molecule has 4 heteroatoms. The highest BCUT2D eigenvalue weighted by Gasteiger charge is 2.09. The first kappa shape index (κ1) is 11.8. The number of thioether (sulfide) groups is 1. The molecule has 2 nitrogen and oxygen atoms in total. The Morgan fingerprint density at radius 2 is 2.21 bits per heavy atom. The fourth-order valence-corrected chi connectivity index (χ4v) is 1.94. The molecular weight excluding hydrogens is 218 g/mol. The molecule has 14 heavy (non-hydrogen) atoms. The van der Waals surface area contributed by atoms with Crippen molar-refractivity contribution in [3.05, 3.63) is 29.0 Å². The Balaban J connectivity index is 2.45. The van der Waals surface area contributed by atoms with Crippen LogP contribution in [0.5, 0.6) is 0 Å². The molecular formula is C10H14ClNOS. The third kappa shape index (κ3) is 3.86. The van der Waals surface area contributed by atoms with Gasteiger partial charge in [0.25, 0.3) is 0 Å². The van der Waals surface area contributed by atoms with Gasteiger partial charge >= 0.3 is 0 Å². The second-order valence-corrected chi connectivity index (χ2v) is 4.96. The second kappa shape index (κ2) is 5.59. The molecule has 0 spiro atoms. The number of aliphatic hydroxyl groups is 1. The molecule has 0 radical (unpaired) electrons. The Hall–Kier alpha value is -0.250. The van der Waals surface area contributed by atoms with E-state index in [1.165, 1.54) is 0 Å². The van der Waals surface area contributed by atoms with Gasteiger partial charge in [-0.05, 0) is 19.1 Å². The fraction of sp³-hybridized carbons (Fsp3) is 0.500. The van der Waals surface area contributed by atoms with Gasteiger partial charge in [-0.2, -0.15) is 0 Å². The van der Waals surface area contributed by atoms with Crippen molar-refractivity contribution in [2.45, 2.75) is 31.0 Å². The zero-order chi connectivity index (χ0) is 10.6. The van der Waals surface area contributed by atoms with Crippen LogP contribution in [0.4, 0.5) is 0 Å². The average Bonchev–Trinajstić information content (AvgIpc) is 2.14. The van der Waals surface area contributed by atoms with Crippen LogP contribution in [0.25, 0.3) is 0 Å². The minimum absolute atomic E-state index is 0.218. The molecule has 1 rings (SSSR count). The zero-order valence-electron chi connectivity index (χ0n) is 8.27. The lowest BCUT2D eigenvalue weighted by atomic mass is 10.3. The highest BCUT2D eigenvalue weighted by molar-refractivity contribution is 7.99. The Labute approximate surface area is 93.7 Å². The van der Waals surface area contributed by atoms with Crippen molar-refractivity contribution in [3.63, 3.8) is 0 Å². The van der Waals surface area contributed by atoms with E-state index in [-0.39, 0.29) is 11.4 Å². The number of hydrogen-bond acceptors (Lipinski definition) is 3. The molecule has 0 fully saturated rings. The first-order chi connectivity index (χ1) is 6.59. The molecule has 0 aliphatic rings. The van der Waals surface area contributed by atoms with Crippen LogP contribution in [0, 0.1) is 0 Å². The maximum atomic E-state index is 9.29. The minimum atomic E-state index is -0.292. The number of nitrogens with zero attached hydrogens (tertiary/aromatic N) is 1. The van der Waals surface area contributed by atoms with Crippen molar-refractivity contribution >= 4 is 23.4 Å². The van der Waals surface area contributed by atoms with Gasteiger partial charge in [-0.1, -0.05) is 24.6 Å². The number of rotatable bonds is 4. The molecule has 1 aromatic heterocycles. The summed E-state index contributed by atoms with van der Waals surface area (Å²) in [4.78, 5) is 4.17. The molecule has 2 atom stereocenters. The molecule has 78 valence electrons. The number of halogens is 1. The van der Waals surface area contributed by atoms with Crippen molar-refractivity contribution < 1.29 is 5.11 Å². The summed E-state index contributed by atoms with van der Waals surface area (Å²) < 4.78 is 0. The number of hydrogen-bond donors (Lipinski definition) is 1. The molecule has 0 aliphatic carbocycles. The number of pyridine rings is 1. The molecule has 0 saturated heterocycles. The Morgan fingerprint density at radius 1 is 1.50 bits per heavy atom.